The highest BCUT2D eigenvalue weighted by Gasteiger charge is 2.22. The van der Waals surface area contributed by atoms with Crippen LogP contribution in [0, 0.1) is 0 Å². The highest BCUT2D eigenvalue weighted by molar-refractivity contribution is 5.89. The zero-order valence-corrected chi connectivity index (χ0v) is 15.7. The van der Waals surface area contributed by atoms with Gasteiger partial charge >= 0.3 is 0 Å². The van der Waals surface area contributed by atoms with Crippen molar-refractivity contribution >= 4 is 17.3 Å². The fraction of sp³-hybridized carbons (Fsp3) is 0.174. The van der Waals surface area contributed by atoms with Crippen LogP contribution >= 0.6 is 0 Å². The number of fused-ring (bicyclic) bond motifs is 1. The van der Waals surface area contributed by atoms with Crippen LogP contribution < -0.4 is 4.74 Å². The van der Waals surface area contributed by atoms with Crippen LogP contribution in [0.5, 0.6) is 11.6 Å². The Bertz CT molecular complexity index is 1150. The van der Waals surface area contributed by atoms with Crippen LogP contribution in [0.25, 0.3) is 22.4 Å². The number of carbonyl (C=O) groups excluding carboxylic acids is 1. The van der Waals surface area contributed by atoms with E-state index in [0.29, 0.717) is 28.6 Å². The van der Waals surface area contributed by atoms with E-state index in [2.05, 4.69) is 15.0 Å². The molecule has 0 spiro atoms. The highest BCUT2D eigenvalue weighted by atomic mass is 16.5. The van der Waals surface area contributed by atoms with Crippen molar-refractivity contribution in [3.05, 3.63) is 71.9 Å². The van der Waals surface area contributed by atoms with E-state index in [-0.39, 0.29) is 6.10 Å². The topological polar surface area (TPSA) is 77.1 Å². The fourth-order valence-corrected chi connectivity index (χ4v) is 3.66. The molecule has 2 aromatic carbocycles. The summed E-state index contributed by atoms with van der Waals surface area (Å²) >= 11 is 0. The molecule has 0 amide bonds. The summed E-state index contributed by atoms with van der Waals surface area (Å²) in [6, 6.07) is 16.9. The van der Waals surface area contributed by atoms with Crippen molar-refractivity contribution in [2.24, 2.45) is 0 Å². The number of H-pyrrole nitrogens is 1. The lowest BCUT2D eigenvalue weighted by Gasteiger charge is -2.15. The van der Waals surface area contributed by atoms with Gasteiger partial charge in [-0.3, -0.25) is 4.79 Å². The molecule has 4 aromatic rings. The predicted molar refractivity (Wildman–Crippen MR) is 109 cm³/mol. The molecule has 0 aliphatic carbocycles. The second kappa shape index (κ2) is 7.48. The van der Waals surface area contributed by atoms with Gasteiger partial charge in [-0.05, 0) is 55.3 Å². The lowest BCUT2D eigenvalue weighted by Crippen LogP contribution is -2.01. The maximum atomic E-state index is 11.6. The van der Waals surface area contributed by atoms with E-state index in [1.807, 2.05) is 42.5 Å². The van der Waals surface area contributed by atoms with Crippen molar-refractivity contribution in [2.45, 2.75) is 18.9 Å². The summed E-state index contributed by atoms with van der Waals surface area (Å²) in [7, 11) is 0. The molecule has 6 nitrogen and oxygen atoms in total. The maximum Gasteiger partial charge on any atom is 0.225 e. The summed E-state index contributed by atoms with van der Waals surface area (Å²) in [5.41, 5.74) is 3.92. The third-order valence-electron chi connectivity index (χ3n) is 5.09. The Morgan fingerprint density at radius 2 is 2.07 bits per heavy atom. The minimum absolute atomic E-state index is 0.00258. The van der Waals surface area contributed by atoms with Crippen LogP contribution in [0.2, 0.25) is 0 Å². The summed E-state index contributed by atoms with van der Waals surface area (Å²) < 4.78 is 11.9. The van der Waals surface area contributed by atoms with Crippen LogP contribution in [0.1, 0.15) is 34.9 Å². The Morgan fingerprint density at radius 1 is 1.14 bits per heavy atom. The molecular weight excluding hydrogens is 366 g/mol. The van der Waals surface area contributed by atoms with E-state index in [1.165, 1.54) is 0 Å². The molecule has 6 heteroatoms. The molecule has 0 radical (unpaired) electrons. The first-order valence-corrected chi connectivity index (χ1v) is 9.60. The summed E-state index contributed by atoms with van der Waals surface area (Å²) in [5, 5.41) is 0. The van der Waals surface area contributed by atoms with E-state index >= 15 is 0 Å². The maximum absolute atomic E-state index is 11.6. The number of carbonyl (C=O) groups is 1. The fourth-order valence-electron chi connectivity index (χ4n) is 3.66. The SMILES string of the molecule is O=Cc1ccc(Oc2ncccc2[C@H]2CCCO2)cc1-c1nc2ccccc2[nH]1. The van der Waals surface area contributed by atoms with Gasteiger partial charge in [-0.1, -0.05) is 12.1 Å². The number of aromatic nitrogens is 3. The number of imidazole rings is 1. The standard InChI is InChI=1S/C23H19N3O3/c27-14-15-9-10-16(13-18(15)22-25-19-6-1-2-7-20(19)26-22)29-23-17(5-3-11-24-23)21-8-4-12-28-21/h1-3,5-7,9-11,13-14,21H,4,8,12H2,(H,25,26)/t21-/m1/s1. The van der Waals surface area contributed by atoms with Crippen molar-refractivity contribution in [3.8, 4) is 23.0 Å². The van der Waals surface area contributed by atoms with Gasteiger partial charge in [0, 0.05) is 29.5 Å². The summed E-state index contributed by atoms with van der Waals surface area (Å²) in [4.78, 5) is 23.9. The number of nitrogens with one attached hydrogen (secondary N) is 1. The monoisotopic (exact) mass is 385 g/mol. The number of pyridine rings is 1. The number of nitrogens with zero attached hydrogens (tertiary/aromatic N) is 2. The third-order valence-corrected chi connectivity index (χ3v) is 5.09. The van der Waals surface area contributed by atoms with Gasteiger partial charge in [-0.25, -0.2) is 9.97 Å². The molecule has 1 fully saturated rings. The molecule has 29 heavy (non-hydrogen) atoms. The first-order valence-electron chi connectivity index (χ1n) is 9.60. The van der Waals surface area contributed by atoms with Gasteiger partial charge in [0.05, 0.1) is 17.1 Å². The van der Waals surface area contributed by atoms with E-state index in [0.717, 1.165) is 42.3 Å². The van der Waals surface area contributed by atoms with Gasteiger partial charge in [0.15, 0.2) is 6.29 Å². The average molecular weight is 385 g/mol. The molecule has 1 saturated heterocycles. The van der Waals surface area contributed by atoms with Gasteiger partial charge in [-0.2, -0.15) is 0 Å². The second-order valence-corrected chi connectivity index (χ2v) is 6.97. The Balaban J connectivity index is 1.53. The highest BCUT2D eigenvalue weighted by Crippen LogP contribution is 2.36. The third kappa shape index (κ3) is 3.39. The van der Waals surface area contributed by atoms with E-state index in [9.17, 15) is 4.79 Å². The van der Waals surface area contributed by atoms with Gasteiger partial charge < -0.3 is 14.5 Å². The molecule has 5 rings (SSSR count). The van der Waals surface area contributed by atoms with Crippen LogP contribution in [0.15, 0.2) is 60.8 Å². The van der Waals surface area contributed by atoms with Crippen molar-refractivity contribution in [1.29, 1.82) is 0 Å². The summed E-state index contributed by atoms with van der Waals surface area (Å²) in [6.07, 6.45) is 4.51. The Kier molecular flexibility index (Phi) is 4.54. The first-order chi connectivity index (χ1) is 14.3. The number of aromatic amines is 1. The lowest BCUT2D eigenvalue weighted by atomic mass is 10.1. The minimum atomic E-state index is 0.00258. The van der Waals surface area contributed by atoms with Crippen molar-refractivity contribution in [2.75, 3.05) is 6.61 Å². The number of para-hydroxylation sites is 2. The van der Waals surface area contributed by atoms with Gasteiger partial charge in [0.25, 0.3) is 0 Å². The Morgan fingerprint density at radius 3 is 2.90 bits per heavy atom. The summed E-state index contributed by atoms with van der Waals surface area (Å²) in [6.45, 7) is 0.753. The van der Waals surface area contributed by atoms with Gasteiger partial charge in [0.1, 0.15) is 11.6 Å². The van der Waals surface area contributed by atoms with Gasteiger partial charge in [-0.15, -0.1) is 0 Å². The number of aldehydes is 1. The second-order valence-electron chi connectivity index (χ2n) is 6.97. The van der Waals surface area contributed by atoms with Crippen LogP contribution in [-0.4, -0.2) is 27.8 Å². The molecule has 1 atom stereocenters. The molecule has 2 aromatic heterocycles. The molecular formula is C23H19N3O3. The predicted octanol–water partition coefficient (Wildman–Crippen LogP) is 5.08. The molecule has 144 valence electrons. The Hall–Kier alpha value is -3.51. The number of hydrogen-bond acceptors (Lipinski definition) is 5. The van der Waals surface area contributed by atoms with E-state index < -0.39 is 0 Å². The first kappa shape index (κ1) is 17.6. The van der Waals surface area contributed by atoms with E-state index in [1.54, 1.807) is 18.3 Å². The molecule has 0 saturated carbocycles. The number of hydrogen-bond donors (Lipinski definition) is 1. The number of ether oxygens (including phenoxy) is 2. The zero-order valence-electron chi connectivity index (χ0n) is 15.7. The van der Waals surface area contributed by atoms with Crippen LogP contribution in [-0.2, 0) is 4.74 Å². The molecule has 0 unspecified atom stereocenters. The van der Waals surface area contributed by atoms with Crippen LogP contribution in [0.4, 0.5) is 0 Å². The van der Waals surface area contributed by atoms with E-state index in [4.69, 9.17) is 9.47 Å². The molecule has 1 N–H and O–H groups in total. The quantitative estimate of drug-likeness (QED) is 0.485. The smallest absolute Gasteiger partial charge is 0.225 e. The largest absolute Gasteiger partial charge is 0.439 e. The lowest BCUT2D eigenvalue weighted by molar-refractivity contribution is 0.109. The molecule has 1 aliphatic rings. The Labute approximate surface area is 167 Å². The average Bonchev–Trinajstić information content (AvgIpc) is 3.44. The number of benzene rings is 2. The summed E-state index contributed by atoms with van der Waals surface area (Å²) in [5.74, 6) is 1.73. The molecule has 0 bridgehead atoms. The minimum Gasteiger partial charge on any atom is -0.439 e. The van der Waals surface area contributed by atoms with Crippen LogP contribution in [0.3, 0.4) is 0 Å². The van der Waals surface area contributed by atoms with Gasteiger partial charge in [0.2, 0.25) is 5.88 Å². The number of rotatable bonds is 5. The normalized spacial score (nSPS) is 16.2. The van der Waals surface area contributed by atoms with Crippen molar-refractivity contribution in [1.82, 2.24) is 15.0 Å². The molecule has 3 heterocycles. The zero-order chi connectivity index (χ0) is 19.6. The van der Waals surface area contributed by atoms with Crippen molar-refractivity contribution < 1.29 is 14.3 Å². The van der Waals surface area contributed by atoms with Crippen molar-refractivity contribution in [3.63, 3.8) is 0 Å². The molecule has 1 aliphatic heterocycles.